The molecule has 0 radical (unpaired) electrons. The molecule has 65 heavy (non-hydrogen) atoms. The normalized spacial score (nSPS) is 14.2. The van der Waals surface area contributed by atoms with Gasteiger partial charge in [-0.1, -0.05) is 235 Å². The van der Waals surface area contributed by atoms with Crippen LogP contribution in [0.2, 0.25) is 0 Å². The lowest BCUT2D eigenvalue weighted by atomic mass is 10.0. The van der Waals surface area contributed by atoms with Crippen LogP contribution in [0.4, 0.5) is 0 Å². The topological polar surface area (TPSA) is 132 Å². The van der Waals surface area contributed by atoms with Crippen molar-refractivity contribution < 1.29 is 43.0 Å². The number of carbonyl (C=O) groups excluding carboxylic acids is 1. The van der Waals surface area contributed by atoms with Crippen molar-refractivity contribution in [1.82, 2.24) is 0 Å². The Labute approximate surface area is 400 Å². The molecule has 0 spiro atoms. The number of ether oxygens (including phenoxy) is 2. The second-order valence-electron chi connectivity index (χ2n) is 17.9. The highest BCUT2D eigenvalue weighted by molar-refractivity contribution is 7.47. The van der Waals surface area contributed by atoms with Gasteiger partial charge in [-0.2, -0.15) is 0 Å². The van der Waals surface area contributed by atoms with E-state index in [1.807, 2.05) is 0 Å². The summed E-state index contributed by atoms with van der Waals surface area (Å²) in [6, 6.07) is 0. The zero-order valence-corrected chi connectivity index (χ0v) is 42.8. The summed E-state index contributed by atoms with van der Waals surface area (Å²) in [4.78, 5) is 22.7. The van der Waals surface area contributed by atoms with E-state index in [2.05, 4.69) is 74.6 Å². The lowest BCUT2D eigenvalue weighted by molar-refractivity contribution is -0.154. The van der Waals surface area contributed by atoms with Crippen molar-refractivity contribution in [3.63, 3.8) is 0 Å². The van der Waals surface area contributed by atoms with Gasteiger partial charge in [0.2, 0.25) is 0 Å². The molecule has 10 heteroatoms. The molecular weight excluding hydrogens is 836 g/mol. The molecule has 0 aromatic rings. The first-order valence-electron chi connectivity index (χ1n) is 26.8. The smallest absolute Gasteiger partial charge is 0.457 e. The van der Waals surface area contributed by atoms with E-state index in [4.69, 9.17) is 23.6 Å². The van der Waals surface area contributed by atoms with Crippen LogP contribution in [0.25, 0.3) is 0 Å². The van der Waals surface area contributed by atoms with E-state index in [0.29, 0.717) is 13.0 Å². The van der Waals surface area contributed by atoms with Crippen LogP contribution >= 0.6 is 7.82 Å². The zero-order chi connectivity index (χ0) is 47.4. The molecule has 3 unspecified atom stereocenters. The molecule has 0 amide bonds. The number of hydrogen-bond donors (Lipinski definition) is 3. The summed E-state index contributed by atoms with van der Waals surface area (Å²) in [6.45, 7) is 3.43. The van der Waals surface area contributed by atoms with E-state index in [1.165, 1.54) is 141 Å². The Morgan fingerprint density at radius 3 is 1.32 bits per heavy atom. The molecule has 0 aromatic heterocycles. The van der Waals surface area contributed by atoms with Gasteiger partial charge in [-0.25, -0.2) is 4.57 Å². The third kappa shape index (κ3) is 51.4. The minimum Gasteiger partial charge on any atom is -0.457 e. The molecule has 0 heterocycles. The number of hydrogen-bond acceptors (Lipinski definition) is 8. The van der Waals surface area contributed by atoms with E-state index in [-0.39, 0.29) is 19.6 Å². The average Bonchev–Trinajstić information content (AvgIpc) is 3.30. The van der Waals surface area contributed by atoms with Crippen LogP contribution in [-0.4, -0.2) is 66.3 Å². The summed E-state index contributed by atoms with van der Waals surface area (Å²) in [7, 11) is -4.53. The first-order chi connectivity index (χ1) is 31.8. The van der Waals surface area contributed by atoms with Crippen LogP contribution in [-0.2, 0) is 27.9 Å². The fraction of sp³-hybridized carbons (Fsp3) is 0.800. The standard InChI is InChI=1S/C55H101O9P/c1-3-5-7-9-11-13-15-17-19-21-23-25-26-27-29-31-33-35-37-39-41-43-45-47-55(58)64-54(52-63-65(59,60)62-50-53(57)49-56)51-61-48-46-44-42-40-38-36-34-32-30-28-24-22-20-18-16-14-12-10-8-6-4-2/h5,7,11,13,17,19,23,25,27,29,53-54,56-57H,3-4,6,8-10,12,14-16,18,20-22,24,26,28,30-52H2,1-2H3,(H,59,60)/b7-5-,13-11-,19-17-,25-23-,29-27-. The Morgan fingerprint density at radius 1 is 0.492 bits per heavy atom. The highest BCUT2D eigenvalue weighted by Crippen LogP contribution is 2.43. The van der Waals surface area contributed by atoms with Gasteiger partial charge in [-0.3, -0.25) is 13.8 Å². The molecule has 9 nitrogen and oxygen atoms in total. The van der Waals surface area contributed by atoms with E-state index >= 15 is 0 Å². The van der Waals surface area contributed by atoms with Crippen molar-refractivity contribution in [3.05, 3.63) is 60.8 Å². The van der Waals surface area contributed by atoms with E-state index < -0.39 is 39.2 Å². The van der Waals surface area contributed by atoms with Crippen molar-refractivity contribution >= 4 is 13.8 Å². The maximum absolute atomic E-state index is 12.7. The molecule has 0 bridgehead atoms. The minimum absolute atomic E-state index is 0.0455. The van der Waals surface area contributed by atoms with Crippen LogP contribution in [0.1, 0.15) is 239 Å². The van der Waals surface area contributed by atoms with Gasteiger partial charge in [-0.05, 0) is 57.8 Å². The highest BCUT2D eigenvalue weighted by atomic mass is 31.2. The number of rotatable bonds is 51. The monoisotopic (exact) mass is 937 g/mol. The Bertz CT molecular complexity index is 1200. The molecular formula is C55H101O9P. The summed E-state index contributed by atoms with van der Waals surface area (Å²) in [6.07, 6.45) is 61.9. The van der Waals surface area contributed by atoms with Crippen molar-refractivity contribution in [2.75, 3.05) is 33.0 Å². The number of carbonyl (C=O) groups is 1. The summed E-state index contributed by atoms with van der Waals surface area (Å²) in [5.74, 6) is -0.391. The maximum atomic E-state index is 12.7. The van der Waals surface area contributed by atoms with Crippen LogP contribution < -0.4 is 0 Å². The van der Waals surface area contributed by atoms with Crippen LogP contribution in [0.5, 0.6) is 0 Å². The third-order valence-corrected chi connectivity index (χ3v) is 12.4. The molecule has 0 fully saturated rings. The predicted molar refractivity (Wildman–Crippen MR) is 274 cm³/mol. The quantitative estimate of drug-likeness (QED) is 0.0236. The number of phosphoric ester groups is 1. The molecule has 0 aliphatic heterocycles. The lowest BCUT2D eigenvalue weighted by Crippen LogP contribution is -2.29. The summed E-state index contributed by atoms with van der Waals surface area (Å²) >= 11 is 0. The number of allylic oxidation sites excluding steroid dienone is 10. The van der Waals surface area contributed by atoms with Gasteiger partial charge in [0.05, 0.1) is 26.4 Å². The molecule has 0 rings (SSSR count). The van der Waals surface area contributed by atoms with Gasteiger partial charge in [0.15, 0.2) is 0 Å². The lowest BCUT2D eigenvalue weighted by Gasteiger charge is -2.20. The summed E-state index contributed by atoms with van der Waals surface area (Å²) in [5, 5.41) is 18.4. The number of aliphatic hydroxyl groups is 2. The molecule has 0 saturated heterocycles. The van der Waals surface area contributed by atoms with Crippen molar-refractivity contribution in [2.24, 2.45) is 0 Å². The maximum Gasteiger partial charge on any atom is 0.472 e. The van der Waals surface area contributed by atoms with Gasteiger partial charge in [0.1, 0.15) is 12.2 Å². The van der Waals surface area contributed by atoms with Crippen LogP contribution in [0.15, 0.2) is 60.8 Å². The third-order valence-electron chi connectivity index (χ3n) is 11.5. The summed E-state index contributed by atoms with van der Waals surface area (Å²) < 4.78 is 33.6. The van der Waals surface area contributed by atoms with E-state index in [1.54, 1.807) is 0 Å². The Morgan fingerprint density at radius 2 is 0.877 bits per heavy atom. The summed E-state index contributed by atoms with van der Waals surface area (Å²) in [5.41, 5.74) is 0. The fourth-order valence-electron chi connectivity index (χ4n) is 7.44. The van der Waals surface area contributed by atoms with Gasteiger partial charge >= 0.3 is 13.8 Å². The second kappa shape index (κ2) is 51.5. The fourth-order valence-corrected chi connectivity index (χ4v) is 8.23. The molecule has 3 atom stereocenters. The highest BCUT2D eigenvalue weighted by Gasteiger charge is 2.26. The molecule has 0 aliphatic rings. The van der Waals surface area contributed by atoms with Gasteiger partial charge in [-0.15, -0.1) is 0 Å². The average molecular weight is 937 g/mol. The molecule has 3 N–H and O–H groups in total. The van der Waals surface area contributed by atoms with Crippen LogP contribution in [0.3, 0.4) is 0 Å². The SMILES string of the molecule is CC/C=C\C/C=C\C/C=C\C/C=C\C/C=C\CCCCCCCCCC(=O)OC(COCCCCCCCCCCCCCCCCCCCCCCC)COP(=O)(O)OCC(O)CO. The molecule has 0 saturated carbocycles. The zero-order valence-electron chi connectivity index (χ0n) is 42.0. The number of unbranched alkanes of at least 4 members (excludes halogenated alkanes) is 27. The number of aliphatic hydroxyl groups excluding tert-OH is 2. The first-order valence-corrected chi connectivity index (χ1v) is 28.3. The molecule has 0 aliphatic carbocycles. The number of esters is 1. The van der Waals surface area contributed by atoms with Crippen molar-refractivity contribution in [3.8, 4) is 0 Å². The predicted octanol–water partition coefficient (Wildman–Crippen LogP) is 15.9. The van der Waals surface area contributed by atoms with Gasteiger partial charge in [0.25, 0.3) is 0 Å². The Balaban J connectivity index is 4.07. The van der Waals surface area contributed by atoms with Gasteiger partial charge in [0, 0.05) is 13.0 Å². The Kier molecular flexibility index (Phi) is 50.1. The van der Waals surface area contributed by atoms with Crippen molar-refractivity contribution in [2.45, 2.75) is 251 Å². The first kappa shape index (κ1) is 63.2. The van der Waals surface area contributed by atoms with Crippen molar-refractivity contribution in [1.29, 1.82) is 0 Å². The minimum atomic E-state index is -4.53. The van der Waals surface area contributed by atoms with E-state index in [0.717, 1.165) is 70.6 Å². The Hall–Kier alpha value is -1.84. The van der Waals surface area contributed by atoms with E-state index in [9.17, 15) is 19.4 Å². The second-order valence-corrected chi connectivity index (χ2v) is 19.3. The molecule has 0 aromatic carbocycles. The van der Waals surface area contributed by atoms with Crippen LogP contribution in [0, 0.1) is 0 Å². The van der Waals surface area contributed by atoms with Gasteiger partial charge < -0.3 is 24.6 Å². The molecule has 380 valence electrons. The number of phosphoric acid groups is 1. The largest absolute Gasteiger partial charge is 0.472 e.